The van der Waals surface area contributed by atoms with Crippen LogP contribution in [0.15, 0.2) is 35.7 Å². The average molecular weight is 274 g/mol. The highest BCUT2D eigenvalue weighted by molar-refractivity contribution is 7.10. The van der Waals surface area contributed by atoms with Gasteiger partial charge in [0.05, 0.1) is 5.56 Å². The normalized spacial score (nSPS) is 11.4. The van der Waals surface area contributed by atoms with Crippen molar-refractivity contribution >= 4 is 17.3 Å². The third-order valence-corrected chi connectivity index (χ3v) is 3.57. The molecule has 0 bridgehead atoms. The molecule has 0 fully saturated rings. The van der Waals surface area contributed by atoms with Crippen molar-refractivity contribution in [3.8, 4) is 11.1 Å². The van der Waals surface area contributed by atoms with Crippen molar-refractivity contribution in [2.75, 3.05) is 0 Å². The van der Waals surface area contributed by atoms with Gasteiger partial charge in [0.2, 0.25) is 0 Å². The molecule has 0 aliphatic rings. The molecule has 3 heteroatoms. The monoisotopic (exact) mass is 274 g/mol. The lowest BCUT2D eigenvalue weighted by atomic mass is 10.0. The highest BCUT2D eigenvalue weighted by atomic mass is 32.1. The highest BCUT2D eigenvalue weighted by Crippen LogP contribution is 2.32. The summed E-state index contributed by atoms with van der Waals surface area (Å²) in [5.74, 6) is -0.245. The Morgan fingerprint density at radius 2 is 1.79 bits per heavy atom. The second kappa shape index (κ2) is 5.17. The summed E-state index contributed by atoms with van der Waals surface area (Å²) < 4.78 is 5.49. The van der Waals surface area contributed by atoms with Gasteiger partial charge in [-0.2, -0.15) is 0 Å². The van der Waals surface area contributed by atoms with E-state index >= 15 is 0 Å². The summed E-state index contributed by atoms with van der Waals surface area (Å²) in [4.78, 5) is 13.3. The van der Waals surface area contributed by atoms with E-state index in [-0.39, 0.29) is 5.97 Å². The van der Waals surface area contributed by atoms with Gasteiger partial charge in [0.1, 0.15) is 5.60 Å². The first-order chi connectivity index (χ1) is 8.88. The summed E-state index contributed by atoms with van der Waals surface area (Å²) in [6.45, 7) is 7.61. The van der Waals surface area contributed by atoms with Gasteiger partial charge in [-0.05, 0) is 38.6 Å². The minimum absolute atomic E-state index is 0.245. The van der Waals surface area contributed by atoms with Gasteiger partial charge in [0, 0.05) is 10.4 Å². The molecule has 0 amide bonds. The number of aryl methyl sites for hydroxylation is 1. The van der Waals surface area contributed by atoms with E-state index in [1.165, 1.54) is 0 Å². The number of carbonyl (C=O) groups excluding carboxylic acids is 1. The molecule has 0 atom stereocenters. The van der Waals surface area contributed by atoms with Gasteiger partial charge >= 0.3 is 5.97 Å². The van der Waals surface area contributed by atoms with E-state index in [1.54, 1.807) is 11.3 Å². The zero-order valence-corrected chi connectivity index (χ0v) is 12.5. The summed E-state index contributed by atoms with van der Waals surface area (Å²) >= 11 is 1.58. The number of hydrogen-bond acceptors (Lipinski definition) is 3. The predicted molar refractivity (Wildman–Crippen MR) is 79.7 cm³/mol. The summed E-state index contributed by atoms with van der Waals surface area (Å²) in [6.07, 6.45) is 0. The maximum absolute atomic E-state index is 12.3. The number of rotatable bonds is 2. The van der Waals surface area contributed by atoms with Crippen molar-refractivity contribution < 1.29 is 9.53 Å². The van der Waals surface area contributed by atoms with Crippen molar-refractivity contribution in [3.63, 3.8) is 0 Å². The fraction of sp³-hybridized carbons (Fsp3) is 0.312. The van der Waals surface area contributed by atoms with E-state index in [1.807, 2.05) is 63.4 Å². The second-order valence-corrected chi connectivity index (χ2v) is 6.53. The Balaban J connectivity index is 2.42. The quantitative estimate of drug-likeness (QED) is 0.743. The molecule has 0 N–H and O–H groups in total. The highest BCUT2D eigenvalue weighted by Gasteiger charge is 2.23. The smallest absolute Gasteiger partial charge is 0.340 e. The molecule has 0 aliphatic carbocycles. The van der Waals surface area contributed by atoms with Gasteiger partial charge in [0.25, 0.3) is 0 Å². The summed E-state index contributed by atoms with van der Waals surface area (Å²) in [5, 5.41) is 2.02. The van der Waals surface area contributed by atoms with Gasteiger partial charge in [-0.3, -0.25) is 0 Å². The van der Waals surface area contributed by atoms with Crippen LogP contribution in [-0.4, -0.2) is 11.6 Å². The first kappa shape index (κ1) is 13.8. The lowest BCUT2D eigenvalue weighted by Gasteiger charge is -2.20. The van der Waals surface area contributed by atoms with Crippen molar-refractivity contribution in [2.24, 2.45) is 0 Å². The average Bonchev–Trinajstić information content (AvgIpc) is 2.70. The van der Waals surface area contributed by atoms with Crippen molar-refractivity contribution in [2.45, 2.75) is 33.3 Å². The summed E-state index contributed by atoms with van der Waals surface area (Å²) in [7, 11) is 0. The number of thiophene rings is 1. The minimum atomic E-state index is -0.473. The number of hydrogen-bond donors (Lipinski definition) is 0. The molecule has 100 valence electrons. The fourth-order valence-electron chi connectivity index (χ4n) is 1.87. The molecule has 2 aromatic rings. The first-order valence-electron chi connectivity index (χ1n) is 6.25. The van der Waals surface area contributed by atoms with Crippen LogP contribution in [0.25, 0.3) is 11.1 Å². The Kier molecular flexibility index (Phi) is 3.76. The van der Waals surface area contributed by atoms with E-state index in [2.05, 4.69) is 0 Å². The standard InChI is InChI=1S/C16H18O2S/c1-11-14(15(17)18-16(2,3)4)13(10-19-11)12-8-6-5-7-9-12/h5-10H,1-4H3. The fourth-order valence-corrected chi connectivity index (χ4v) is 2.73. The molecule has 1 aromatic carbocycles. The summed E-state index contributed by atoms with van der Waals surface area (Å²) in [5.41, 5.74) is 2.22. The van der Waals surface area contributed by atoms with Crippen molar-refractivity contribution in [3.05, 3.63) is 46.2 Å². The van der Waals surface area contributed by atoms with Crippen LogP contribution < -0.4 is 0 Å². The van der Waals surface area contributed by atoms with Crippen LogP contribution in [0.5, 0.6) is 0 Å². The van der Waals surface area contributed by atoms with Crippen LogP contribution in [0.3, 0.4) is 0 Å². The molecule has 0 saturated heterocycles. The Hall–Kier alpha value is -1.61. The third kappa shape index (κ3) is 3.24. The van der Waals surface area contributed by atoms with Crippen LogP contribution in [0.2, 0.25) is 0 Å². The molecule has 2 nitrogen and oxygen atoms in total. The molecule has 1 aromatic heterocycles. The third-order valence-electron chi connectivity index (χ3n) is 2.66. The molecule has 19 heavy (non-hydrogen) atoms. The van der Waals surface area contributed by atoms with Crippen LogP contribution in [0.4, 0.5) is 0 Å². The Bertz CT molecular complexity index is 577. The zero-order chi connectivity index (χ0) is 14.0. The van der Waals surface area contributed by atoms with Gasteiger partial charge in [-0.15, -0.1) is 11.3 Å². The number of ether oxygens (including phenoxy) is 1. The molecule has 0 spiro atoms. The minimum Gasteiger partial charge on any atom is -0.456 e. The molecule has 2 rings (SSSR count). The molecule has 0 saturated carbocycles. The molecular formula is C16H18O2S. The van der Waals surface area contributed by atoms with Crippen molar-refractivity contribution in [1.82, 2.24) is 0 Å². The number of esters is 1. The lowest BCUT2D eigenvalue weighted by Crippen LogP contribution is -2.24. The first-order valence-corrected chi connectivity index (χ1v) is 7.13. The van der Waals surface area contributed by atoms with E-state index in [4.69, 9.17) is 4.74 Å². The molecule has 1 heterocycles. The van der Waals surface area contributed by atoms with E-state index in [0.717, 1.165) is 16.0 Å². The van der Waals surface area contributed by atoms with Crippen LogP contribution >= 0.6 is 11.3 Å². The maximum atomic E-state index is 12.3. The van der Waals surface area contributed by atoms with Gasteiger partial charge in [-0.1, -0.05) is 30.3 Å². The largest absolute Gasteiger partial charge is 0.456 e. The van der Waals surface area contributed by atoms with Crippen LogP contribution in [0, 0.1) is 6.92 Å². The van der Waals surface area contributed by atoms with E-state index in [9.17, 15) is 4.79 Å². The zero-order valence-electron chi connectivity index (χ0n) is 11.7. The van der Waals surface area contributed by atoms with E-state index in [0.29, 0.717) is 5.56 Å². The second-order valence-electron chi connectivity index (χ2n) is 5.45. The topological polar surface area (TPSA) is 26.3 Å². The van der Waals surface area contributed by atoms with Gasteiger partial charge in [-0.25, -0.2) is 4.79 Å². The molecule has 0 unspecified atom stereocenters. The Labute approximate surface area is 118 Å². The van der Waals surface area contributed by atoms with Gasteiger partial charge in [0.15, 0.2) is 0 Å². The van der Waals surface area contributed by atoms with E-state index < -0.39 is 5.60 Å². The maximum Gasteiger partial charge on any atom is 0.340 e. The van der Waals surface area contributed by atoms with Gasteiger partial charge < -0.3 is 4.74 Å². The molecule has 0 aliphatic heterocycles. The molecule has 0 radical (unpaired) electrons. The Morgan fingerprint density at radius 1 is 1.16 bits per heavy atom. The number of benzene rings is 1. The SMILES string of the molecule is Cc1scc(-c2ccccc2)c1C(=O)OC(C)(C)C. The lowest BCUT2D eigenvalue weighted by molar-refractivity contribution is 0.00704. The molecular weight excluding hydrogens is 256 g/mol. The number of carbonyl (C=O) groups is 1. The van der Waals surface area contributed by atoms with Crippen molar-refractivity contribution in [1.29, 1.82) is 0 Å². The predicted octanol–water partition coefficient (Wildman–Crippen LogP) is 4.68. The van der Waals surface area contributed by atoms with Crippen LogP contribution in [0.1, 0.15) is 36.0 Å². The van der Waals surface area contributed by atoms with Crippen LogP contribution in [-0.2, 0) is 4.74 Å². The Morgan fingerprint density at radius 3 is 2.37 bits per heavy atom. The summed E-state index contributed by atoms with van der Waals surface area (Å²) in [6, 6.07) is 9.93.